The Balaban J connectivity index is 1.64. The first-order chi connectivity index (χ1) is 14.7. The molecule has 2 aromatic heterocycles. The Bertz CT molecular complexity index is 1210. The SMILES string of the molecule is Fc1ccc(Nc2nc(-c3cccnc3)nc3ccc(N4CCCC4)cc23)cc1F. The van der Waals surface area contributed by atoms with E-state index >= 15 is 0 Å². The fraction of sp³-hybridized carbons (Fsp3) is 0.174. The van der Waals surface area contributed by atoms with Gasteiger partial charge in [-0.2, -0.15) is 0 Å². The van der Waals surface area contributed by atoms with E-state index in [4.69, 9.17) is 4.98 Å². The summed E-state index contributed by atoms with van der Waals surface area (Å²) in [6, 6.07) is 13.5. The fourth-order valence-corrected chi connectivity index (χ4v) is 3.72. The minimum atomic E-state index is -0.913. The number of hydrogen-bond acceptors (Lipinski definition) is 5. The van der Waals surface area contributed by atoms with Crippen molar-refractivity contribution in [2.24, 2.45) is 0 Å². The van der Waals surface area contributed by atoms with Crippen LogP contribution in [0.3, 0.4) is 0 Å². The Kier molecular flexibility index (Phi) is 4.71. The number of hydrogen-bond donors (Lipinski definition) is 1. The number of halogens is 2. The van der Waals surface area contributed by atoms with E-state index in [1.807, 2.05) is 18.2 Å². The molecule has 7 heteroatoms. The Morgan fingerprint density at radius 3 is 2.53 bits per heavy atom. The molecule has 30 heavy (non-hydrogen) atoms. The second-order valence-electron chi connectivity index (χ2n) is 7.29. The van der Waals surface area contributed by atoms with Crippen LogP contribution in [-0.4, -0.2) is 28.0 Å². The molecule has 1 fully saturated rings. The van der Waals surface area contributed by atoms with Crippen molar-refractivity contribution >= 4 is 28.1 Å². The van der Waals surface area contributed by atoms with Gasteiger partial charge in [0.05, 0.1) is 5.52 Å². The lowest BCUT2D eigenvalue weighted by Crippen LogP contribution is -2.17. The zero-order valence-corrected chi connectivity index (χ0v) is 16.1. The highest BCUT2D eigenvalue weighted by molar-refractivity contribution is 5.94. The van der Waals surface area contributed by atoms with Gasteiger partial charge in [0.1, 0.15) is 5.82 Å². The average Bonchev–Trinajstić information content (AvgIpc) is 3.31. The molecule has 1 aliphatic rings. The molecule has 0 aliphatic carbocycles. The van der Waals surface area contributed by atoms with Crippen LogP contribution in [0, 0.1) is 11.6 Å². The number of anilines is 3. The number of nitrogens with zero attached hydrogens (tertiary/aromatic N) is 4. The Hall–Kier alpha value is -3.61. The third kappa shape index (κ3) is 3.54. The van der Waals surface area contributed by atoms with E-state index in [0.29, 0.717) is 17.3 Å². The predicted molar refractivity (Wildman–Crippen MR) is 114 cm³/mol. The van der Waals surface area contributed by atoms with Gasteiger partial charge >= 0.3 is 0 Å². The van der Waals surface area contributed by atoms with Gasteiger partial charge in [-0.15, -0.1) is 0 Å². The second kappa shape index (κ2) is 7.67. The predicted octanol–water partition coefficient (Wildman–Crippen LogP) is 5.31. The maximum atomic E-state index is 13.7. The van der Waals surface area contributed by atoms with E-state index in [9.17, 15) is 8.78 Å². The van der Waals surface area contributed by atoms with Crippen molar-refractivity contribution in [3.05, 3.63) is 72.6 Å². The topological polar surface area (TPSA) is 53.9 Å². The van der Waals surface area contributed by atoms with Crippen LogP contribution in [0.5, 0.6) is 0 Å². The normalized spacial score (nSPS) is 13.7. The van der Waals surface area contributed by atoms with E-state index in [2.05, 4.69) is 32.3 Å². The molecule has 5 nitrogen and oxygen atoms in total. The summed E-state index contributed by atoms with van der Waals surface area (Å²) >= 11 is 0. The van der Waals surface area contributed by atoms with Gasteiger partial charge in [-0.05, 0) is 55.3 Å². The molecule has 1 N–H and O–H groups in total. The summed E-state index contributed by atoms with van der Waals surface area (Å²) in [5, 5.41) is 3.96. The molecule has 0 amide bonds. The third-order valence-electron chi connectivity index (χ3n) is 5.25. The molecule has 0 unspecified atom stereocenters. The molecule has 0 radical (unpaired) electrons. The summed E-state index contributed by atoms with van der Waals surface area (Å²) in [7, 11) is 0. The highest BCUT2D eigenvalue weighted by atomic mass is 19.2. The lowest BCUT2D eigenvalue weighted by atomic mass is 10.1. The lowest BCUT2D eigenvalue weighted by molar-refractivity contribution is 0.509. The molecule has 5 rings (SSSR count). The fourth-order valence-electron chi connectivity index (χ4n) is 3.72. The van der Waals surface area contributed by atoms with Gasteiger partial charge < -0.3 is 10.2 Å². The largest absolute Gasteiger partial charge is 0.372 e. The first-order valence-electron chi connectivity index (χ1n) is 9.86. The van der Waals surface area contributed by atoms with Crippen molar-refractivity contribution in [2.45, 2.75) is 12.8 Å². The van der Waals surface area contributed by atoms with Crippen molar-refractivity contribution in [1.82, 2.24) is 15.0 Å². The van der Waals surface area contributed by atoms with Gasteiger partial charge in [0.2, 0.25) is 0 Å². The number of benzene rings is 2. The molecule has 0 atom stereocenters. The lowest BCUT2D eigenvalue weighted by Gasteiger charge is -2.19. The van der Waals surface area contributed by atoms with Gasteiger partial charge in [-0.3, -0.25) is 4.98 Å². The van der Waals surface area contributed by atoms with E-state index in [0.717, 1.165) is 47.4 Å². The summed E-state index contributed by atoms with van der Waals surface area (Å²) in [6.45, 7) is 2.04. The molecule has 2 aromatic carbocycles. The molecule has 0 bridgehead atoms. The molecule has 4 aromatic rings. The number of pyridine rings is 1. The maximum absolute atomic E-state index is 13.7. The van der Waals surface area contributed by atoms with E-state index < -0.39 is 11.6 Å². The van der Waals surface area contributed by atoms with E-state index in [-0.39, 0.29) is 0 Å². The van der Waals surface area contributed by atoms with Crippen molar-refractivity contribution < 1.29 is 8.78 Å². The highest BCUT2D eigenvalue weighted by Gasteiger charge is 2.16. The standard InChI is InChI=1S/C23H19F2N5/c24-19-7-5-16(12-20(19)25)27-23-18-13-17(30-10-1-2-11-30)6-8-21(18)28-22(29-23)15-4-3-9-26-14-15/h3-9,12-14H,1-2,10-11H2,(H,27,28,29). The third-order valence-corrected chi connectivity index (χ3v) is 5.25. The first-order valence-corrected chi connectivity index (χ1v) is 9.86. The second-order valence-corrected chi connectivity index (χ2v) is 7.29. The number of fused-ring (bicyclic) bond motifs is 1. The zero-order valence-electron chi connectivity index (χ0n) is 16.1. The van der Waals surface area contributed by atoms with Crippen molar-refractivity contribution in [3.8, 4) is 11.4 Å². The van der Waals surface area contributed by atoms with Crippen LogP contribution in [-0.2, 0) is 0 Å². The summed E-state index contributed by atoms with van der Waals surface area (Å²) in [4.78, 5) is 15.9. The summed E-state index contributed by atoms with van der Waals surface area (Å²) in [5.41, 5.74) is 3.05. The van der Waals surface area contributed by atoms with Gasteiger partial charge in [0, 0.05) is 53.9 Å². The van der Waals surface area contributed by atoms with Crippen LogP contribution in [0.25, 0.3) is 22.3 Å². The monoisotopic (exact) mass is 403 g/mol. The molecular formula is C23H19F2N5. The van der Waals surface area contributed by atoms with Crippen LogP contribution in [0.2, 0.25) is 0 Å². The van der Waals surface area contributed by atoms with Gasteiger partial charge in [0.15, 0.2) is 17.5 Å². The number of nitrogens with one attached hydrogen (secondary N) is 1. The smallest absolute Gasteiger partial charge is 0.163 e. The molecule has 0 spiro atoms. The van der Waals surface area contributed by atoms with Crippen LogP contribution in [0.4, 0.5) is 26.0 Å². The molecular weight excluding hydrogens is 384 g/mol. The molecule has 3 heterocycles. The molecule has 1 aliphatic heterocycles. The minimum absolute atomic E-state index is 0.414. The highest BCUT2D eigenvalue weighted by Crippen LogP contribution is 2.31. The number of rotatable bonds is 4. The summed E-state index contributed by atoms with van der Waals surface area (Å²) in [6.07, 6.45) is 5.73. The van der Waals surface area contributed by atoms with Crippen molar-refractivity contribution in [3.63, 3.8) is 0 Å². The van der Waals surface area contributed by atoms with Crippen LogP contribution in [0.15, 0.2) is 60.9 Å². The van der Waals surface area contributed by atoms with Crippen LogP contribution < -0.4 is 10.2 Å². The Morgan fingerprint density at radius 2 is 1.77 bits per heavy atom. The van der Waals surface area contributed by atoms with Gasteiger partial charge in [0.25, 0.3) is 0 Å². The average molecular weight is 403 g/mol. The Labute approximate surface area is 172 Å². The maximum Gasteiger partial charge on any atom is 0.163 e. The minimum Gasteiger partial charge on any atom is -0.372 e. The Morgan fingerprint density at radius 1 is 0.900 bits per heavy atom. The summed E-state index contributed by atoms with van der Waals surface area (Å²) < 4.78 is 27.1. The van der Waals surface area contributed by atoms with Crippen LogP contribution in [0.1, 0.15) is 12.8 Å². The number of aromatic nitrogens is 3. The zero-order chi connectivity index (χ0) is 20.5. The molecule has 0 saturated carbocycles. The van der Waals surface area contributed by atoms with E-state index in [1.165, 1.54) is 18.9 Å². The first kappa shape index (κ1) is 18.4. The summed E-state index contributed by atoms with van der Waals surface area (Å²) in [5.74, 6) is -0.760. The van der Waals surface area contributed by atoms with Gasteiger partial charge in [-0.25, -0.2) is 18.7 Å². The molecule has 150 valence electrons. The van der Waals surface area contributed by atoms with Crippen LogP contribution >= 0.6 is 0 Å². The quantitative estimate of drug-likeness (QED) is 0.500. The van der Waals surface area contributed by atoms with E-state index in [1.54, 1.807) is 12.4 Å². The van der Waals surface area contributed by atoms with Crippen molar-refractivity contribution in [2.75, 3.05) is 23.3 Å². The van der Waals surface area contributed by atoms with Gasteiger partial charge in [-0.1, -0.05) is 0 Å². The molecule has 1 saturated heterocycles. The van der Waals surface area contributed by atoms with Crippen molar-refractivity contribution in [1.29, 1.82) is 0 Å².